The number of carbonyl (C=O) groups is 1. The quantitative estimate of drug-likeness (QED) is 0.803. The number of morpholine rings is 1. The topological polar surface area (TPSA) is 63.7 Å². The normalized spacial score (nSPS) is 20.8. The third kappa shape index (κ3) is 5.91. The molecular weight excluding hydrogens is 395 g/mol. The molecule has 0 aliphatic carbocycles. The van der Waals surface area contributed by atoms with Gasteiger partial charge < -0.3 is 9.47 Å². The van der Waals surface area contributed by atoms with E-state index in [1.54, 1.807) is 0 Å². The lowest BCUT2D eigenvalue weighted by Gasteiger charge is -2.34. The molecule has 1 aromatic carbocycles. The zero-order valence-electron chi connectivity index (χ0n) is 15.3. The first-order chi connectivity index (χ1) is 13.2. The van der Waals surface area contributed by atoms with Crippen LogP contribution in [0.3, 0.4) is 0 Å². The summed E-state index contributed by atoms with van der Waals surface area (Å²) in [7, 11) is 0. The molecular formula is C18H20F3N3O3S. The fourth-order valence-electron chi connectivity index (χ4n) is 3.06. The first-order valence-corrected chi connectivity index (χ1v) is 9.55. The zero-order valence-corrected chi connectivity index (χ0v) is 16.1. The van der Waals surface area contributed by atoms with E-state index < -0.39 is 12.3 Å². The summed E-state index contributed by atoms with van der Waals surface area (Å²) in [5, 5.41) is 4.97. The predicted molar refractivity (Wildman–Crippen MR) is 98.5 cm³/mol. The molecule has 1 aromatic heterocycles. The highest BCUT2D eigenvalue weighted by molar-refractivity contribution is 7.13. The van der Waals surface area contributed by atoms with Crippen LogP contribution in [-0.4, -0.2) is 47.5 Å². The molecule has 2 aromatic rings. The van der Waals surface area contributed by atoms with Gasteiger partial charge in [0.2, 0.25) is 0 Å². The average Bonchev–Trinajstić information content (AvgIpc) is 2.99. The van der Waals surface area contributed by atoms with Gasteiger partial charge in [0, 0.05) is 30.6 Å². The van der Waals surface area contributed by atoms with Gasteiger partial charge in [0.15, 0.2) is 5.13 Å². The monoisotopic (exact) mass is 415 g/mol. The minimum atomic E-state index is -4.77. The second kappa shape index (κ2) is 8.46. The summed E-state index contributed by atoms with van der Waals surface area (Å²) in [6.45, 7) is 6.35. The number of nitrogens with zero attached hydrogens (tertiary/aromatic N) is 2. The molecule has 10 heteroatoms. The van der Waals surface area contributed by atoms with Gasteiger partial charge in [0.1, 0.15) is 5.75 Å². The number of benzene rings is 1. The van der Waals surface area contributed by atoms with Gasteiger partial charge in [-0.15, -0.1) is 24.5 Å². The van der Waals surface area contributed by atoms with Crippen LogP contribution in [0.1, 0.15) is 29.9 Å². The van der Waals surface area contributed by atoms with E-state index in [1.165, 1.54) is 23.5 Å². The van der Waals surface area contributed by atoms with Gasteiger partial charge in [0.05, 0.1) is 17.9 Å². The molecule has 1 amide bonds. The van der Waals surface area contributed by atoms with E-state index in [-0.39, 0.29) is 23.5 Å². The van der Waals surface area contributed by atoms with E-state index in [2.05, 4.69) is 19.9 Å². The van der Waals surface area contributed by atoms with Crippen LogP contribution >= 0.6 is 11.3 Å². The molecule has 2 atom stereocenters. The summed E-state index contributed by atoms with van der Waals surface area (Å²) in [6.07, 6.45) is -4.45. The second-order valence-electron chi connectivity index (χ2n) is 6.62. The number of rotatable bonds is 5. The van der Waals surface area contributed by atoms with Gasteiger partial charge in [-0.3, -0.25) is 15.0 Å². The largest absolute Gasteiger partial charge is 0.573 e. The molecule has 3 rings (SSSR count). The van der Waals surface area contributed by atoms with Crippen LogP contribution < -0.4 is 10.1 Å². The Labute approximate surface area is 164 Å². The fraction of sp³-hybridized carbons (Fsp3) is 0.444. The molecule has 0 bridgehead atoms. The van der Waals surface area contributed by atoms with Gasteiger partial charge in [0.25, 0.3) is 5.91 Å². The minimum absolute atomic E-state index is 0.158. The van der Waals surface area contributed by atoms with Gasteiger partial charge >= 0.3 is 6.36 Å². The Morgan fingerprint density at radius 2 is 1.93 bits per heavy atom. The van der Waals surface area contributed by atoms with E-state index in [4.69, 9.17) is 4.74 Å². The first kappa shape index (κ1) is 20.6. The molecule has 28 heavy (non-hydrogen) atoms. The lowest BCUT2D eigenvalue weighted by Crippen LogP contribution is -2.44. The standard InChI is InChI=1S/C18H20F3N3O3S/c1-11-7-24(8-12(2)26-11)9-14-10-28-17(22-14)23-16(25)13-3-5-15(6-4-13)27-18(19,20)21/h3-6,10-12H,7-9H2,1-2H3,(H,22,23,25)/t11-,12-/m0/s1. The van der Waals surface area contributed by atoms with E-state index in [1.807, 2.05) is 19.2 Å². The van der Waals surface area contributed by atoms with Crippen LogP contribution in [0.4, 0.5) is 18.3 Å². The highest BCUT2D eigenvalue weighted by atomic mass is 32.1. The van der Waals surface area contributed by atoms with Crippen molar-refractivity contribution in [2.24, 2.45) is 0 Å². The van der Waals surface area contributed by atoms with Gasteiger partial charge in [-0.1, -0.05) is 0 Å². The molecule has 0 unspecified atom stereocenters. The Balaban J connectivity index is 1.56. The Morgan fingerprint density at radius 3 is 2.54 bits per heavy atom. The molecule has 1 saturated heterocycles. The number of nitrogens with one attached hydrogen (secondary N) is 1. The average molecular weight is 415 g/mol. The third-order valence-corrected chi connectivity index (χ3v) is 4.81. The Hall–Kier alpha value is -2.17. The van der Waals surface area contributed by atoms with Crippen molar-refractivity contribution in [3.63, 3.8) is 0 Å². The highest BCUT2D eigenvalue weighted by Crippen LogP contribution is 2.24. The summed E-state index contributed by atoms with van der Waals surface area (Å²) in [5.41, 5.74) is 1.05. The van der Waals surface area contributed by atoms with E-state index in [0.29, 0.717) is 11.7 Å². The summed E-state index contributed by atoms with van der Waals surface area (Å²) in [5.74, 6) is -0.831. The lowest BCUT2D eigenvalue weighted by atomic mass is 10.2. The summed E-state index contributed by atoms with van der Waals surface area (Å²) in [6, 6.07) is 4.72. The Bertz CT molecular complexity index is 800. The van der Waals surface area contributed by atoms with Crippen LogP contribution in [-0.2, 0) is 11.3 Å². The predicted octanol–water partition coefficient (Wildman–Crippen LogP) is 3.90. The number of ether oxygens (including phenoxy) is 2. The molecule has 1 aliphatic rings. The van der Waals surface area contributed by atoms with Crippen molar-refractivity contribution >= 4 is 22.4 Å². The molecule has 0 radical (unpaired) electrons. The molecule has 1 fully saturated rings. The second-order valence-corrected chi connectivity index (χ2v) is 7.48. The van der Waals surface area contributed by atoms with Crippen molar-refractivity contribution in [3.8, 4) is 5.75 Å². The van der Waals surface area contributed by atoms with Crippen LogP contribution in [0.25, 0.3) is 0 Å². The van der Waals surface area contributed by atoms with Crippen molar-refractivity contribution in [1.82, 2.24) is 9.88 Å². The van der Waals surface area contributed by atoms with E-state index in [0.717, 1.165) is 30.9 Å². The summed E-state index contributed by atoms with van der Waals surface area (Å²) < 4.78 is 46.0. The minimum Gasteiger partial charge on any atom is -0.406 e. The van der Waals surface area contributed by atoms with Crippen LogP contribution in [0, 0.1) is 0 Å². The number of aromatic nitrogens is 1. The molecule has 0 saturated carbocycles. The van der Waals surface area contributed by atoms with Crippen LogP contribution in [0.5, 0.6) is 5.75 Å². The highest BCUT2D eigenvalue weighted by Gasteiger charge is 2.31. The lowest BCUT2D eigenvalue weighted by molar-refractivity contribution is -0.274. The van der Waals surface area contributed by atoms with Crippen molar-refractivity contribution in [3.05, 3.63) is 40.9 Å². The number of hydrogen-bond acceptors (Lipinski definition) is 6. The molecule has 0 spiro atoms. The Morgan fingerprint density at radius 1 is 1.29 bits per heavy atom. The maximum atomic E-state index is 12.3. The van der Waals surface area contributed by atoms with Crippen molar-refractivity contribution in [2.75, 3.05) is 18.4 Å². The number of carbonyl (C=O) groups excluding carboxylic acids is 1. The number of thiazole rings is 1. The SMILES string of the molecule is C[C@H]1CN(Cc2csc(NC(=O)c3ccc(OC(F)(F)F)cc3)n2)C[C@H](C)O1. The molecule has 2 heterocycles. The number of halogens is 3. The zero-order chi connectivity index (χ0) is 20.3. The van der Waals surface area contributed by atoms with Crippen molar-refractivity contribution in [1.29, 1.82) is 0 Å². The number of anilines is 1. The summed E-state index contributed by atoms with van der Waals surface area (Å²) in [4.78, 5) is 18.9. The van der Waals surface area contributed by atoms with Crippen LogP contribution in [0.2, 0.25) is 0 Å². The molecule has 6 nitrogen and oxygen atoms in total. The van der Waals surface area contributed by atoms with E-state index in [9.17, 15) is 18.0 Å². The molecule has 1 aliphatic heterocycles. The number of amides is 1. The molecule has 1 N–H and O–H groups in total. The van der Waals surface area contributed by atoms with E-state index >= 15 is 0 Å². The van der Waals surface area contributed by atoms with Crippen LogP contribution in [0.15, 0.2) is 29.6 Å². The first-order valence-electron chi connectivity index (χ1n) is 8.67. The maximum Gasteiger partial charge on any atom is 0.573 e. The number of alkyl halides is 3. The Kier molecular flexibility index (Phi) is 6.21. The van der Waals surface area contributed by atoms with Gasteiger partial charge in [-0.05, 0) is 38.1 Å². The maximum absolute atomic E-state index is 12.3. The third-order valence-electron chi connectivity index (χ3n) is 4.00. The molecule has 152 valence electrons. The fourth-order valence-corrected chi connectivity index (χ4v) is 3.75. The summed E-state index contributed by atoms with van der Waals surface area (Å²) >= 11 is 1.30. The number of hydrogen-bond donors (Lipinski definition) is 1. The van der Waals surface area contributed by atoms with Gasteiger partial charge in [-0.2, -0.15) is 0 Å². The van der Waals surface area contributed by atoms with Crippen molar-refractivity contribution in [2.45, 2.75) is 39.0 Å². The van der Waals surface area contributed by atoms with Gasteiger partial charge in [-0.25, -0.2) is 4.98 Å². The van der Waals surface area contributed by atoms with Crippen molar-refractivity contribution < 1.29 is 27.4 Å². The smallest absolute Gasteiger partial charge is 0.406 e.